The van der Waals surface area contributed by atoms with Crippen molar-refractivity contribution in [3.8, 4) is 0 Å². The molecule has 1 aromatic carbocycles. The van der Waals surface area contributed by atoms with Gasteiger partial charge in [0.15, 0.2) is 0 Å². The van der Waals surface area contributed by atoms with Gasteiger partial charge in [-0.15, -0.1) is 0 Å². The van der Waals surface area contributed by atoms with E-state index in [0.29, 0.717) is 18.6 Å². The normalized spacial score (nSPS) is 10.4. The number of benzene rings is 1. The molecular formula is C13H11FO3. The molecule has 0 unspecified atom stereocenters. The summed E-state index contributed by atoms with van der Waals surface area (Å²) < 4.78 is 17.8. The first-order chi connectivity index (χ1) is 8.15. The van der Waals surface area contributed by atoms with E-state index in [1.165, 1.54) is 18.2 Å². The highest BCUT2D eigenvalue weighted by molar-refractivity contribution is 5.84. The van der Waals surface area contributed by atoms with Crippen molar-refractivity contribution < 1.29 is 18.7 Å². The van der Waals surface area contributed by atoms with Gasteiger partial charge in [-0.25, -0.2) is 9.18 Å². The first-order valence-corrected chi connectivity index (χ1v) is 5.21. The molecule has 0 saturated heterocycles. The number of carboxylic acids is 1. The average molecular weight is 234 g/mol. The minimum Gasteiger partial charge on any atom is -0.475 e. The highest BCUT2D eigenvalue weighted by atomic mass is 19.1. The van der Waals surface area contributed by atoms with Crippen LogP contribution in [0.25, 0.3) is 0 Å². The maximum Gasteiger partial charge on any atom is 0.371 e. The number of halogens is 1. The zero-order valence-corrected chi connectivity index (χ0v) is 9.02. The molecule has 0 aliphatic carbocycles. The van der Waals surface area contributed by atoms with Crippen LogP contribution in [0.3, 0.4) is 0 Å². The van der Waals surface area contributed by atoms with Crippen LogP contribution in [-0.4, -0.2) is 11.1 Å². The lowest BCUT2D eigenvalue weighted by molar-refractivity contribution is 0.0660. The Labute approximate surface area is 97.5 Å². The number of hydrogen-bond donors (Lipinski definition) is 1. The SMILES string of the molecule is O=C(O)c1ccc(CCc2ccc(F)cc2)o1. The number of carboxylic acid groups (broad SMARTS) is 1. The third kappa shape index (κ3) is 2.93. The first-order valence-electron chi connectivity index (χ1n) is 5.21. The highest BCUT2D eigenvalue weighted by Gasteiger charge is 2.08. The molecule has 2 rings (SSSR count). The summed E-state index contributed by atoms with van der Waals surface area (Å²) >= 11 is 0. The van der Waals surface area contributed by atoms with Gasteiger partial charge in [-0.3, -0.25) is 0 Å². The third-order valence-electron chi connectivity index (χ3n) is 2.45. The largest absolute Gasteiger partial charge is 0.475 e. The van der Waals surface area contributed by atoms with Crippen LogP contribution in [0.15, 0.2) is 40.8 Å². The lowest BCUT2D eigenvalue weighted by Crippen LogP contribution is -1.93. The van der Waals surface area contributed by atoms with Crippen molar-refractivity contribution in [1.82, 2.24) is 0 Å². The van der Waals surface area contributed by atoms with Gasteiger partial charge in [0.05, 0.1) is 0 Å². The number of hydrogen-bond acceptors (Lipinski definition) is 2. The van der Waals surface area contributed by atoms with Gasteiger partial charge in [-0.2, -0.15) is 0 Å². The van der Waals surface area contributed by atoms with E-state index in [9.17, 15) is 9.18 Å². The van der Waals surface area contributed by atoms with Gasteiger partial charge in [-0.05, 0) is 36.2 Å². The maximum atomic E-state index is 12.7. The van der Waals surface area contributed by atoms with Gasteiger partial charge in [0, 0.05) is 6.42 Å². The molecule has 0 bridgehead atoms. The summed E-state index contributed by atoms with van der Waals surface area (Å²) in [7, 11) is 0. The van der Waals surface area contributed by atoms with Crippen LogP contribution in [0.4, 0.5) is 4.39 Å². The van der Waals surface area contributed by atoms with E-state index >= 15 is 0 Å². The van der Waals surface area contributed by atoms with Crippen molar-refractivity contribution in [2.75, 3.05) is 0 Å². The molecule has 1 aromatic heterocycles. The summed E-state index contributed by atoms with van der Waals surface area (Å²) in [5, 5.41) is 8.68. The van der Waals surface area contributed by atoms with E-state index in [0.717, 1.165) is 5.56 Å². The molecule has 0 amide bonds. The smallest absolute Gasteiger partial charge is 0.371 e. The van der Waals surface area contributed by atoms with E-state index in [-0.39, 0.29) is 11.6 Å². The second-order valence-corrected chi connectivity index (χ2v) is 3.70. The second-order valence-electron chi connectivity index (χ2n) is 3.70. The molecular weight excluding hydrogens is 223 g/mol. The molecule has 0 fully saturated rings. The summed E-state index contributed by atoms with van der Waals surface area (Å²) in [6.07, 6.45) is 1.28. The molecule has 88 valence electrons. The van der Waals surface area contributed by atoms with Crippen LogP contribution < -0.4 is 0 Å². The number of aromatic carboxylic acids is 1. The predicted octanol–water partition coefficient (Wildman–Crippen LogP) is 2.90. The first kappa shape index (κ1) is 11.4. The lowest BCUT2D eigenvalue weighted by atomic mass is 10.1. The summed E-state index contributed by atoms with van der Waals surface area (Å²) in [6, 6.07) is 9.29. The molecule has 3 nitrogen and oxygen atoms in total. The van der Waals surface area contributed by atoms with Gasteiger partial charge < -0.3 is 9.52 Å². The van der Waals surface area contributed by atoms with Crippen molar-refractivity contribution in [1.29, 1.82) is 0 Å². The van der Waals surface area contributed by atoms with E-state index in [1.54, 1.807) is 18.2 Å². The second kappa shape index (κ2) is 4.82. The van der Waals surface area contributed by atoms with Gasteiger partial charge >= 0.3 is 5.97 Å². The van der Waals surface area contributed by atoms with Gasteiger partial charge in [0.25, 0.3) is 0 Å². The summed E-state index contributed by atoms with van der Waals surface area (Å²) in [6.45, 7) is 0. The van der Waals surface area contributed by atoms with Crippen LogP contribution in [0.1, 0.15) is 21.9 Å². The van der Waals surface area contributed by atoms with Gasteiger partial charge in [0.1, 0.15) is 11.6 Å². The molecule has 4 heteroatoms. The third-order valence-corrected chi connectivity index (χ3v) is 2.45. The molecule has 0 aliphatic heterocycles. The van der Waals surface area contributed by atoms with E-state index in [2.05, 4.69) is 0 Å². The Bertz CT molecular complexity index is 514. The van der Waals surface area contributed by atoms with Crippen LogP contribution in [0.5, 0.6) is 0 Å². The fourth-order valence-electron chi connectivity index (χ4n) is 1.55. The Hall–Kier alpha value is -2.10. The highest BCUT2D eigenvalue weighted by Crippen LogP contribution is 2.12. The number of aryl methyl sites for hydroxylation is 2. The average Bonchev–Trinajstić information content (AvgIpc) is 2.77. The van der Waals surface area contributed by atoms with Crippen molar-refractivity contribution >= 4 is 5.97 Å². The molecule has 1 heterocycles. The summed E-state index contributed by atoms with van der Waals surface area (Å²) in [5.41, 5.74) is 0.986. The minimum absolute atomic E-state index is 0.0564. The van der Waals surface area contributed by atoms with Crippen LogP contribution >= 0.6 is 0 Å². The zero-order chi connectivity index (χ0) is 12.3. The number of rotatable bonds is 4. The fourth-order valence-corrected chi connectivity index (χ4v) is 1.55. The molecule has 0 atom stereocenters. The van der Waals surface area contributed by atoms with Crippen molar-refractivity contribution in [3.63, 3.8) is 0 Å². The lowest BCUT2D eigenvalue weighted by Gasteiger charge is -1.99. The van der Waals surface area contributed by atoms with Crippen molar-refractivity contribution in [3.05, 3.63) is 59.3 Å². The van der Waals surface area contributed by atoms with Crippen LogP contribution in [-0.2, 0) is 12.8 Å². The molecule has 17 heavy (non-hydrogen) atoms. The Morgan fingerprint density at radius 1 is 1.12 bits per heavy atom. The van der Waals surface area contributed by atoms with Crippen molar-refractivity contribution in [2.45, 2.75) is 12.8 Å². The number of carbonyl (C=O) groups is 1. The van der Waals surface area contributed by atoms with Crippen LogP contribution in [0.2, 0.25) is 0 Å². The van der Waals surface area contributed by atoms with Gasteiger partial charge in [-0.1, -0.05) is 12.1 Å². The van der Waals surface area contributed by atoms with E-state index in [4.69, 9.17) is 9.52 Å². The standard InChI is InChI=1S/C13H11FO3/c14-10-4-1-9(2-5-10)3-6-11-7-8-12(17-11)13(15)16/h1-2,4-5,7-8H,3,6H2,(H,15,16). The summed E-state index contributed by atoms with van der Waals surface area (Å²) in [5.74, 6) is -0.774. The predicted molar refractivity (Wildman–Crippen MR) is 59.5 cm³/mol. The molecule has 1 N–H and O–H groups in total. The Morgan fingerprint density at radius 3 is 2.41 bits per heavy atom. The molecule has 0 aliphatic rings. The zero-order valence-electron chi connectivity index (χ0n) is 9.02. The Morgan fingerprint density at radius 2 is 1.82 bits per heavy atom. The molecule has 0 spiro atoms. The summed E-state index contributed by atoms with van der Waals surface area (Å²) in [4.78, 5) is 10.6. The minimum atomic E-state index is -1.07. The monoisotopic (exact) mass is 234 g/mol. The maximum absolute atomic E-state index is 12.7. The van der Waals surface area contributed by atoms with Crippen molar-refractivity contribution in [2.24, 2.45) is 0 Å². The molecule has 0 saturated carbocycles. The van der Waals surface area contributed by atoms with Gasteiger partial charge in [0.2, 0.25) is 5.76 Å². The van der Waals surface area contributed by atoms with E-state index < -0.39 is 5.97 Å². The molecule has 2 aromatic rings. The topological polar surface area (TPSA) is 50.4 Å². The Balaban J connectivity index is 1.97. The number of furan rings is 1. The van der Waals surface area contributed by atoms with E-state index in [1.807, 2.05) is 0 Å². The Kier molecular flexibility index (Phi) is 3.23. The quantitative estimate of drug-likeness (QED) is 0.884. The fraction of sp³-hybridized carbons (Fsp3) is 0.154. The molecule has 0 radical (unpaired) electrons. The van der Waals surface area contributed by atoms with Crippen LogP contribution in [0, 0.1) is 5.82 Å².